The van der Waals surface area contributed by atoms with E-state index in [1.54, 1.807) is 0 Å². The number of piperazine rings is 1. The fourth-order valence-corrected chi connectivity index (χ4v) is 4.56. The summed E-state index contributed by atoms with van der Waals surface area (Å²) in [6, 6.07) is 17.0. The van der Waals surface area contributed by atoms with E-state index in [4.69, 9.17) is 0 Å². The van der Waals surface area contributed by atoms with Crippen LogP contribution in [0.25, 0.3) is 10.9 Å². The van der Waals surface area contributed by atoms with Crippen molar-refractivity contribution in [3.63, 3.8) is 0 Å². The SMILES string of the molecule is CCC(C)c1ccc2c(c1)c(C(=O)C=O)cn2CCN1CCN(Cc2ccccc2)CC1.Cl.Cl. The number of hydrogen-bond acceptors (Lipinski definition) is 4. The Balaban J connectivity index is 0.00000204. The molecule has 4 rings (SSSR count). The second kappa shape index (κ2) is 13.1. The third-order valence-electron chi connectivity index (χ3n) is 6.83. The summed E-state index contributed by atoms with van der Waals surface area (Å²) in [7, 11) is 0. The highest BCUT2D eigenvalue weighted by Gasteiger charge is 2.19. The topological polar surface area (TPSA) is 45.6 Å². The third-order valence-corrected chi connectivity index (χ3v) is 6.83. The quantitative estimate of drug-likeness (QED) is 0.228. The molecule has 1 aliphatic rings. The number of carbonyl (C=O) groups is 2. The summed E-state index contributed by atoms with van der Waals surface area (Å²) in [5.41, 5.74) is 4.13. The van der Waals surface area contributed by atoms with Crippen molar-refractivity contribution in [1.29, 1.82) is 0 Å². The minimum Gasteiger partial charge on any atom is -0.345 e. The van der Waals surface area contributed by atoms with Crippen molar-refractivity contribution in [3.8, 4) is 0 Å². The first-order chi connectivity index (χ1) is 15.6. The number of ketones is 1. The number of carbonyl (C=O) groups excluding carboxylic acids is 2. The number of nitrogens with zero attached hydrogens (tertiary/aromatic N) is 3. The lowest BCUT2D eigenvalue weighted by Gasteiger charge is -2.34. The van der Waals surface area contributed by atoms with Crippen LogP contribution in [-0.2, 0) is 17.9 Å². The van der Waals surface area contributed by atoms with E-state index in [0.717, 1.165) is 63.1 Å². The first kappa shape index (κ1) is 28.1. The molecule has 0 amide bonds. The van der Waals surface area contributed by atoms with Gasteiger partial charge in [0.15, 0.2) is 6.29 Å². The van der Waals surface area contributed by atoms with E-state index in [-0.39, 0.29) is 24.8 Å². The van der Waals surface area contributed by atoms with E-state index >= 15 is 0 Å². The maximum absolute atomic E-state index is 12.3. The largest absolute Gasteiger partial charge is 0.345 e. The molecule has 2 heterocycles. The zero-order chi connectivity index (χ0) is 22.5. The molecule has 1 aliphatic heterocycles. The predicted molar refractivity (Wildman–Crippen MR) is 144 cm³/mol. The van der Waals surface area contributed by atoms with Gasteiger partial charge in [0.1, 0.15) is 0 Å². The third kappa shape index (κ3) is 6.48. The zero-order valence-corrected chi connectivity index (χ0v) is 21.6. The van der Waals surface area contributed by atoms with Gasteiger partial charge in [-0.3, -0.25) is 19.4 Å². The number of fused-ring (bicyclic) bond motifs is 1. The highest BCUT2D eigenvalue weighted by Crippen LogP contribution is 2.28. The molecular weight excluding hydrogens is 469 g/mol. The Hall–Kier alpha value is -2.18. The molecule has 3 aromatic rings. The van der Waals surface area contributed by atoms with Crippen molar-refractivity contribution < 1.29 is 9.59 Å². The van der Waals surface area contributed by atoms with Crippen molar-refractivity contribution in [3.05, 3.63) is 71.4 Å². The van der Waals surface area contributed by atoms with Gasteiger partial charge in [-0.2, -0.15) is 0 Å². The molecule has 0 bridgehead atoms. The molecule has 1 aromatic heterocycles. The lowest BCUT2D eigenvalue weighted by molar-refractivity contribution is -0.104. The summed E-state index contributed by atoms with van der Waals surface area (Å²) in [6.07, 6.45) is 3.34. The minimum absolute atomic E-state index is 0. The Morgan fingerprint density at radius 2 is 1.65 bits per heavy atom. The van der Waals surface area contributed by atoms with Crippen LogP contribution in [0.5, 0.6) is 0 Å². The highest BCUT2D eigenvalue weighted by molar-refractivity contribution is 6.36. The summed E-state index contributed by atoms with van der Waals surface area (Å²) < 4.78 is 2.14. The summed E-state index contributed by atoms with van der Waals surface area (Å²) in [5.74, 6) is -0.0151. The molecule has 0 saturated carbocycles. The van der Waals surface area contributed by atoms with Crippen LogP contribution in [0.3, 0.4) is 0 Å². The van der Waals surface area contributed by atoms with Gasteiger partial charge in [-0.25, -0.2) is 0 Å². The van der Waals surface area contributed by atoms with Gasteiger partial charge >= 0.3 is 0 Å². The number of halogens is 2. The van der Waals surface area contributed by atoms with Crippen LogP contribution >= 0.6 is 24.8 Å². The zero-order valence-electron chi connectivity index (χ0n) is 20.0. The van der Waals surface area contributed by atoms with Crippen LogP contribution in [-0.4, -0.2) is 59.2 Å². The second-order valence-corrected chi connectivity index (χ2v) is 8.91. The minimum atomic E-state index is -0.440. The Labute approximate surface area is 214 Å². The lowest BCUT2D eigenvalue weighted by atomic mass is 9.96. The molecule has 2 aromatic carbocycles. The standard InChI is InChI=1S/C27H33N3O2.2ClH/c1-3-21(2)23-9-10-26-24(17-23)25(27(32)20-31)19-30(26)16-15-28-11-13-29(14-12-28)18-22-7-5-4-6-8-22;;/h4-10,17,19-21H,3,11-16,18H2,1-2H3;2*1H. The van der Waals surface area contributed by atoms with Crippen LogP contribution < -0.4 is 0 Å². The van der Waals surface area contributed by atoms with Crippen molar-refractivity contribution in [2.75, 3.05) is 32.7 Å². The van der Waals surface area contributed by atoms with Gasteiger partial charge in [-0.1, -0.05) is 50.2 Å². The maximum Gasteiger partial charge on any atom is 0.227 e. The number of hydrogen-bond donors (Lipinski definition) is 0. The van der Waals surface area contributed by atoms with E-state index in [1.165, 1.54) is 11.1 Å². The van der Waals surface area contributed by atoms with Gasteiger partial charge in [0, 0.05) is 62.9 Å². The van der Waals surface area contributed by atoms with Gasteiger partial charge < -0.3 is 4.57 Å². The van der Waals surface area contributed by atoms with E-state index in [1.807, 2.05) is 6.20 Å². The molecule has 1 fully saturated rings. The lowest BCUT2D eigenvalue weighted by Crippen LogP contribution is -2.46. The smallest absolute Gasteiger partial charge is 0.227 e. The Morgan fingerprint density at radius 1 is 0.971 bits per heavy atom. The van der Waals surface area contributed by atoms with Crippen LogP contribution in [0.15, 0.2) is 54.7 Å². The first-order valence-electron chi connectivity index (χ1n) is 11.7. The van der Waals surface area contributed by atoms with Crippen molar-refractivity contribution >= 4 is 47.8 Å². The molecule has 0 N–H and O–H groups in total. The van der Waals surface area contributed by atoms with Gasteiger partial charge in [0.25, 0.3) is 0 Å². The molecular formula is C27H35Cl2N3O2. The highest BCUT2D eigenvalue weighted by atomic mass is 35.5. The summed E-state index contributed by atoms with van der Waals surface area (Å²) in [4.78, 5) is 28.5. The van der Waals surface area contributed by atoms with Crippen molar-refractivity contribution in [2.45, 2.75) is 39.3 Å². The average molecular weight is 505 g/mol. The second-order valence-electron chi connectivity index (χ2n) is 8.91. The van der Waals surface area contributed by atoms with Crippen LogP contribution in [0.4, 0.5) is 0 Å². The van der Waals surface area contributed by atoms with Crippen molar-refractivity contribution in [1.82, 2.24) is 14.4 Å². The number of rotatable bonds is 9. The fourth-order valence-electron chi connectivity index (χ4n) is 4.56. The van der Waals surface area contributed by atoms with E-state index < -0.39 is 5.78 Å². The molecule has 184 valence electrons. The maximum atomic E-state index is 12.3. The molecule has 5 nitrogen and oxygen atoms in total. The summed E-state index contributed by atoms with van der Waals surface area (Å²) >= 11 is 0. The van der Waals surface area contributed by atoms with Crippen LogP contribution in [0.2, 0.25) is 0 Å². The predicted octanol–water partition coefficient (Wildman–Crippen LogP) is 5.20. The monoisotopic (exact) mass is 503 g/mol. The molecule has 1 saturated heterocycles. The molecule has 0 aliphatic carbocycles. The summed E-state index contributed by atoms with van der Waals surface area (Å²) in [6.45, 7) is 11.3. The van der Waals surface area contributed by atoms with Gasteiger partial charge in [-0.15, -0.1) is 24.8 Å². The van der Waals surface area contributed by atoms with Crippen LogP contribution in [0.1, 0.15) is 47.7 Å². The van der Waals surface area contributed by atoms with E-state index in [0.29, 0.717) is 17.8 Å². The molecule has 1 atom stereocenters. The average Bonchev–Trinajstić information content (AvgIpc) is 3.21. The van der Waals surface area contributed by atoms with Gasteiger partial charge in [-0.05, 0) is 35.6 Å². The fraction of sp³-hybridized carbons (Fsp3) is 0.407. The van der Waals surface area contributed by atoms with Crippen molar-refractivity contribution in [2.24, 2.45) is 0 Å². The number of Topliss-reactive ketones (excluding diaryl/α,β-unsaturated/α-hetero) is 1. The molecule has 0 radical (unpaired) electrons. The van der Waals surface area contributed by atoms with Gasteiger partial charge in [0.2, 0.25) is 5.78 Å². The molecule has 34 heavy (non-hydrogen) atoms. The number of aldehydes is 1. The Kier molecular flexibility index (Phi) is 10.8. The van der Waals surface area contributed by atoms with Crippen LogP contribution in [0, 0.1) is 0 Å². The van der Waals surface area contributed by atoms with Gasteiger partial charge in [0.05, 0.1) is 5.56 Å². The summed E-state index contributed by atoms with van der Waals surface area (Å²) in [5, 5.41) is 0.896. The first-order valence-corrected chi connectivity index (χ1v) is 11.7. The van der Waals surface area contributed by atoms with E-state index in [2.05, 4.69) is 76.7 Å². The molecule has 1 unspecified atom stereocenters. The Morgan fingerprint density at radius 3 is 2.29 bits per heavy atom. The van der Waals surface area contributed by atoms with E-state index in [9.17, 15) is 9.59 Å². The normalized spacial score (nSPS) is 15.4. The molecule has 7 heteroatoms. The number of benzene rings is 2. The Bertz CT molecular complexity index is 1080. The number of aromatic nitrogens is 1. The molecule has 0 spiro atoms.